The lowest BCUT2D eigenvalue weighted by molar-refractivity contribution is 0.0786. The summed E-state index contributed by atoms with van der Waals surface area (Å²) in [6.07, 6.45) is 0. The van der Waals surface area contributed by atoms with Crippen molar-refractivity contribution in [2.75, 3.05) is 19.6 Å². The second kappa shape index (κ2) is 10.2. The normalized spacial score (nSPS) is 18.1. The molecule has 2 atom stereocenters. The van der Waals surface area contributed by atoms with Crippen molar-refractivity contribution in [3.63, 3.8) is 0 Å². The van der Waals surface area contributed by atoms with E-state index in [9.17, 15) is 4.79 Å². The zero-order valence-corrected chi connectivity index (χ0v) is 18.6. The number of aromatic nitrogens is 1. The highest BCUT2D eigenvalue weighted by atomic mass is 35.5. The Labute approximate surface area is 188 Å². The van der Waals surface area contributed by atoms with E-state index in [2.05, 4.69) is 17.1 Å². The number of likely N-dealkylation sites (tertiary alicyclic amines) is 1. The highest BCUT2D eigenvalue weighted by Gasteiger charge is 2.35. The predicted octanol–water partition coefficient (Wildman–Crippen LogP) is 4.78. The van der Waals surface area contributed by atoms with Crippen LogP contribution >= 0.6 is 36.2 Å². The molecule has 1 amide bonds. The Morgan fingerprint density at radius 3 is 2.55 bits per heavy atom. The number of benzene rings is 2. The van der Waals surface area contributed by atoms with Gasteiger partial charge >= 0.3 is 0 Å². The van der Waals surface area contributed by atoms with Crippen LogP contribution < -0.4 is 5.73 Å². The van der Waals surface area contributed by atoms with Crippen LogP contribution in [0.1, 0.15) is 27.5 Å². The number of rotatable bonds is 4. The largest absolute Gasteiger partial charge is 0.338 e. The minimum atomic E-state index is 0. The number of thiazole rings is 1. The van der Waals surface area contributed by atoms with Crippen LogP contribution in [0.4, 0.5) is 0 Å². The van der Waals surface area contributed by atoms with Gasteiger partial charge in [0.05, 0.1) is 0 Å². The molecule has 0 radical (unpaired) electrons. The van der Waals surface area contributed by atoms with E-state index < -0.39 is 0 Å². The van der Waals surface area contributed by atoms with Crippen LogP contribution in [0.3, 0.4) is 0 Å². The van der Waals surface area contributed by atoms with Gasteiger partial charge in [0.15, 0.2) is 0 Å². The number of hydrogen-bond donors (Lipinski definition) is 1. The molecule has 0 spiro atoms. The Morgan fingerprint density at radius 2 is 1.90 bits per heavy atom. The summed E-state index contributed by atoms with van der Waals surface area (Å²) in [6, 6.07) is 18.2. The standard InChI is InChI=1S/C22H23N3OS.2ClH/c1-15-14-27-21(24-15)17-8-5-9-18(10-17)22(26)25-12-19(11-23)20(13-25)16-6-3-2-4-7-16;;/h2-10,14,19-20H,11-13,23H2,1H3;2*1H/t19-,20+;;/m1../s1. The van der Waals surface area contributed by atoms with E-state index in [0.29, 0.717) is 37.0 Å². The predicted molar refractivity (Wildman–Crippen MR) is 124 cm³/mol. The molecule has 1 aliphatic rings. The molecule has 1 saturated heterocycles. The van der Waals surface area contributed by atoms with Gasteiger partial charge in [0.1, 0.15) is 5.01 Å². The number of carbonyl (C=O) groups excluding carboxylic acids is 1. The summed E-state index contributed by atoms with van der Waals surface area (Å²) >= 11 is 1.60. The first-order chi connectivity index (χ1) is 13.2. The smallest absolute Gasteiger partial charge is 0.253 e. The first-order valence-electron chi connectivity index (χ1n) is 9.22. The monoisotopic (exact) mass is 449 g/mol. The number of carbonyl (C=O) groups is 1. The number of hydrogen-bond acceptors (Lipinski definition) is 4. The maximum atomic E-state index is 13.1. The average molecular weight is 450 g/mol. The number of aryl methyl sites for hydroxylation is 1. The minimum Gasteiger partial charge on any atom is -0.338 e. The molecule has 1 aromatic heterocycles. The highest BCUT2D eigenvalue weighted by molar-refractivity contribution is 7.13. The maximum absolute atomic E-state index is 13.1. The Morgan fingerprint density at radius 1 is 1.14 bits per heavy atom. The maximum Gasteiger partial charge on any atom is 0.253 e. The van der Waals surface area contributed by atoms with Crippen molar-refractivity contribution in [3.8, 4) is 10.6 Å². The fourth-order valence-corrected chi connectivity index (χ4v) is 4.60. The second-order valence-electron chi connectivity index (χ2n) is 7.10. The summed E-state index contributed by atoms with van der Waals surface area (Å²) < 4.78 is 0. The molecular weight excluding hydrogens is 425 g/mol. The molecule has 1 fully saturated rings. The second-order valence-corrected chi connectivity index (χ2v) is 7.96. The van der Waals surface area contributed by atoms with Gasteiger partial charge in [-0.15, -0.1) is 36.2 Å². The van der Waals surface area contributed by atoms with Crippen molar-refractivity contribution < 1.29 is 4.79 Å². The van der Waals surface area contributed by atoms with Gasteiger partial charge in [-0.2, -0.15) is 0 Å². The lowest BCUT2D eigenvalue weighted by Crippen LogP contribution is -2.29. The average Bonchev–Trinajstić information content (AvgIpc) is 3.34. The zero-order valence-electron chi connectivity index (χ0n) is 16.2. The molecule has 29 heavy (non-hydrogen) atoms. The summed E-state index contributed by atoms with van der Waals surface area (Å²) in [5.74, 6) is 0.660. The Hall–Kier alpha value is -1.92. The van der Waals surface area contributed by atoms with Gasteiger partial charge in [0, 0.05) is 41.2 Å². The lowest BCUT2D eigenvalue weighted by Gasteiger charge is -2.17. The summed E-state index contributed by atoms with van der Waals surface area (Å²) in [4.78, 5) is 19.6. The number of amides is 1. The molecule has 1 aliphatic heterocycles. The molecule has 7 heteroatoms. The molecule has 154 valence electrons. The molecule has 2 aromatic carbocycles. The van der Waals surface area contributed by atoms with Gasteiger partial charge < -0.3 is 10.6 Å². The molecule has 0 aliphatic carbocycles. The van der Waals surface area contributed by atoms with Crippen LogP contribution in [-0.4, -0.2) is 35.4 Å². The Balaban J connectivity index is 0.00000150. The van der Waals surface area contributed by atoms with Gasteiger partial charge in [-0.3, -0.25) is 4.79 Å². The van der Waals surface area contributed by atoms with Gasteiger partial charge in [-0.1, -0.05) is 42.5 Å². The summed E-state index contributed by atoms with van der Waals surface area (Å²) in [5.41, 5.74) is 9.99. The fourth-order valence-electron chi connectivity index (χ4n) is 3.81. The van der Waals surface area contributed by atoms with Crippen molar-refractivity contribution in [1.29, 1.82) is 0 Å². The van der Waals surface area contributed by atoms with Crippen LogP contribution in [0.15, 0.2) is 60.0 Å². The summed E-state index contributed by atoms with van der Waals surface area (Å²) in [7, 11) is 0. The molecule has 0 bridgehead atoms. The molecule has 0 unspecified atom stereocenters. The van der Waals surface area contributed by atoms with Gasteiger partial charge in [-0.05, 0) is 37.1 Å². The molecule has 2 N–H and O–H groups in total. The third-order valence-corrected chi connectivity index (χ3v) is 6.24. The van der Waals surface area contributed by atoms with E-state index in [1.54, 1.807) is 11.3 Å². The van der Waals surface area contributed by atoms with Gasteiger partial charge in [0.25, 0.3) is 5.91 Å². The third kappa shape index (κ3) is 4.98. The third-order valence-electron chi connectivity index (χ3n) is 5.23. The molecule has 3 aromatic rings. The zero-order chi connectivity index (χ0) is 18.8. The van der Waals surface area contributed by atoms with Crippen molar-refractivity contribution in [3.05, 3.63) is 76.8 Å². The van der Waals surface area contributed by atoms with E-state index in [1.807, 2.05) is 59.7 Å². The van der Waals surface area contributed by atoms with Crippen molar-refractivity contribution >= 4 is 42.1 Å². The van der Waals surface area contributed by atoms with Crippen molar-refractivity contribution in [2.24, 2.45) is 11.7 Å². The molecule has 4 rings (SSSR count). The van der Waals surface area contributed by atoms with Crippen molar-refractivity contribution in [2.45, 2.75) is 12.8 Å². The number of nitrogens with zero attached hydrogens (tertiary/aromatic N) is 2. The van der Waals surface area contributed by atoms with E-state index >= 15 is 0 Å². The van der Waals surface area contributed by atoms with E-state index in [-0.39, 0.29) is 30.7 Å². The van der Waals surface area contributed by atoms with Gasteiger partial charge in [0.2, 0.25) is 0 Å². The molecule has 4 nitrogen and oxygen atoms in total. The Kier molecular flexibility index (Phi) is 8.23. The van der Waals surface area contributed by atoms with E-state index in [0.717, 1.165) is 16.3 Å². The number of halogens is 2. The first kappa shape index (κ1) is 23.4. The van der Waals surface area contributed by atoms with Crippen LogP contribution in [0.2, 0.25) is 0 Å². The van der Waals surface area contributed by atoms with E-state index in [4.69, 9.17) is 5.73 Å². The molecule has 0 saturated carbocycles. The van der Waals surface area contributed by atoms with Crippen LogP contribution in [0.25, 0.3) is 10.6 Å². The topological polar surface area (TPSA) is 59.2 Å². The van der Waals surface area contributed by atoms with E-state index in [1.165, 1.54) is 5.56 Å². The summed E-state index contributed by atoms with van der Waals surface area (Å²) in [5, 5.41) is 2.98. The lowest BCUT2D eigenvalue weighted by atomic mass is 9.89. The molecular formula is C22H25Cl2N3OS. The number of nitrogens with two attached hydrogens (primary N) is 1. The SMILES string of the molecule is Cc1csc(-c2cccc(C(=O)N3C[C@@H](CN)[C@H](c4ccccc4)C3)c2)n1.Cl.Cl. The van der Waals surface area contributed by atoms with Crippen LogP contribution in [-0.2, 0) is 0 Å². The Bertz CT molecular complexity index is 948. The highest BCUT2D eigenvalue weighted by Crippen LogP contribution is 2.33. The van der Waals surface area contributed by atoms with Crippen LogP contribution in [0, 0.1) is 12.8 Å². The quantitative estimate of drug-likeness (QED) is 0.623. The minimum absolute atomic E-state index is 0. The van der Waals surface area contributed by atoms with Crippen molar-refractivity contribution in [1.82, 2.24) is 9.88 Å². The molecule has 2 heterocycles. The fraction of sp³-hybridized carbons (Fsp3) is 0.273. The summed E-state index contributed by atoms with van der Waals surface area (Å²) in [6.45, 7) is 3.98. The first-order valence-corrected chi connectivity index (χ1v) is 10.1. The van der Waals surface area contributed by atoms with Crippen LogP contribution in [0.5, 0.6) is 0 Å². The van der Waals surface area contributed by atoms with Gasteiger partial charge in [-0.25, -0.2) is 4.98 Å².